The summed E-state index contributed by atoms with van der Waals surface area (Å²) in [5.74, 6) is -0.898. The van der Waals surface area contributed by atoms with E-state index in [0.29, 0.717) is 23.4 Å². The van der Waals surface area contributed by atoms with Gasteiger partial charge >= 0.3 is 0 Å². The second-order valence-electron chi connectivity index (χ2n) is 9.39. The van der Waals surface area contributed by atoms with Gasteiger partial charge < -0.3 is 15.3 Å². The molecule has 0 radical (unpaired) electrons. The first-order chi connectivity index (χ1) is 16.9. The van der Waals surface area contributed by atoms with Crippen molar-refractivity contribution in [3.8, 4) is 0 Å². The maximum atomic E-state index is 13.6. The standard InChI is InChI=1S/C27H27FN4O3/c1-17-4-2-6-22-24(17)27(35,23-12-9-20(28)15-30-23)26(34)32(22)16-18-7-10-21(11-8-18)31-25(33)19-5-3-13-29-14-19/h2-6,9,12-15,18,21,35H,7-8,10-11,16H2,1H3,(H,31,33)/t18-,21-,27?. The summed E-state index contributed by atoms with van der Waals surface area (Å²) in [4.78, 5) is 35.8. The van der Waals surface area contributed by atoms with E-state index in [9.17, 15) is 19.1 Å². The van der Waals surface area contributed by atoms with Crippen LogP contribution in [0.4, 0.5) is 10.1 Å². The molecule has 8 heteroatoms. The number of nitrogens with zero attached hydrogens (tertiary/aromatic N) is 3. The molecule has 7 nitrogen and oxygen atoms in total. The second kappa shape index (κ2) is 9.19. The van der Waals surface area contributed by atoms with Crippen LogP contribution in [0.3, 0.4) is 0 Å². The van der Waals surface area contributed by atoms with Gasteiger partial charge in [-0.2, -0.15) is 0 Å². The van der Waals surface area contributed by atoms with Gasteiger partial charge in [-0.05, 0) is 74.4 Å². The number of pyridine rings is 2. The summed E-state index contributed by atoms with van der Waals surface area (Å²) >= 11 is 0. The molecular weight excluding hydrogens is 447 g/mol. The Kier molecular flexibility index (Phi) is 6.06. The van der Waals surface area contributed by atoms with Gasteiger partial charge in [-0.25, -0.2) is 4.39 Å². The summed E-state index contributed by atoms with van der Waals surface area (Å²) < 4.78 is 13.5. The van der Waals surface area contributed by atoms with Crippen molar-refractivity contribution in [1.29, 1.82) is 0 Å². The molecule has 1 aliphatic heterocycles. The lowest BCUT2D eigenvalue weighted by molar-refractivity contribution is -0.132. The molecule has 2 amide bonds. The Bertz CT molecular complexity index is 1240. The summed E-state index contributed by atoms with van der Waals surface area (Å²) in [5, 5.41) is 14.8. The molecule has 0 bridgehead atoms. The Balaban J connectivity index is 1.31. The minimum Gasteiger partial charge on any atom is -0.370 e. The summed E-state index contributed by atoms with van der Waals surface area (Å²) in [5.41, 5.74) is 0.635. The van der Waals surface area contributed by atoms with Gasteiger partial charge in [0.1, 0.15) is 5.82 Å². The highest BCUT2D eigenvalue weighted by atomic mass is 19.1. The van der Waals surface area contributed by atoms with Crippen molar-refractivity contribution in [1.82, 2.24) is 15.3 Å². The minimum absolute atomic E-state index is 0.0723. The third kappa shape index (κ3) is 4.18. The van der Waals surface area contributed by atoms with E-state index in [1.807, 2.05) is 25.1 Å². The summed E-state index contributed by atoms with van der Waals surface area (Å²) in [6.07, 6.45) is 7.51. The molecular formula is C27H27FN4O3. The molecule has 1 aromatic carbocycles. The zero-order valence-electron chi connectivity index (χ0n) is 19.4. The molecule has 0 saturated heterocycles. The number of aryl methyl sites for hydroxylation is 1. The topological polar surface area (TPSA) is 95.4 Å². The fourth-order valence-electron chi connectivity index (χ4n) is 5.28. The summed E-state index contributed by atoms with van der Waals surface area (Å²) in [6, 6.07) is 11.7. The SMILES string of the molecule is Cc1cccc2c1C(O)(c1ccc(F)cn1)C(=O)N2C[C@H]1CC[C@H](NC(=O)c2cccnc2)CC1. The molecule has 1 saturated carbocycles. The number of aliphatic hydroxyl groups is 1. The van der Waals surface area contributed by atoms with E-state index in [2.05, 4.69) is 15.3 Å². The van der Waals surface area contributed by atoms with E-state index >= 15 is 0 Å². The molecule has 2 aliphatic rings. The van der Waals surface area contributed by atoms with Crippen LogP contribution in [-0.2, 0) is 10.4 Å². The fraction of sp³-hybridized carbons (Fsp3) is 0.333. The average molecular weight is 475 g/mol. The van der Waals surface area contributed by atoms with Gasteiger partial charge in [-0.15, -0.1) is 0 Å². The number of nitrogens with one attached hydrogen (secondary N) is 1. The van der Waals surface area contributed by atoms with Crippen LogP contribution in [0.15, 0.2) is 61.1 Å². The number of aromatic nitrogens is 2. The summed E-state index contributed by atoms with van der Waals surface area (Å²) in [6.45, 7) is 2.31. The molecule has 1 aliphatic carbocycles. The highest BCUT2D eigenvalue weighted by Crippen LogP contribution is 2.46. The van der Waals surface area contributed by atoms with Gasteiger partial charge in [-0.1, -0.05) is 12.1 Å². The van der Waals surface area contributed by atoms with Crippen molar-refractivity contribution in [2.75, 3.05) is 11.4 Å². The molecule has 1 fully saturated rings. The van der Waals surface area contributed by atoms with Crippen LogP contribution in [0.2, 0.25) is 0 Å². The van der Waals surface area contributed by atoms with Gasteiger partial charge in [0.2, 0.25) is 5.60 Å². The fourth-order valence-corrected chi connectivity index (χ4v) is 5.28. The molecule has 180 valence electrons. The minimum atomic E-state index is -1.96. The number of carbonyl (C=O) groups is 2. The number of carbonyl (C=O) groups excluding carboxylic acids is 2. The Morgan fingerprint density at radius 1 is 1.14 bits per heavy atom. The number of halogens is 1. The van der Waals surface area contributed by atoms with Gasteiger partial charge in [0, 0.05) is 30.5 Å². The van der Waals surface area contributed by atoms with Crippen molar-refractivity contribution >= 4 is 17.5 Å². The van der Waals surface area contributed by atoms with Crippen LogP contribution in [0.25, 0.3) is 0 Å². The quantitative estimate of drug-likeness (QED) is 0.590. The third-order valence-electron chi connectivity index (χ3n) is 7.10. The number of hydrogen-bond acceptors (Lipinski definition) is 5. The lowest BCUT2D eigenvalue weighted by Crippen LogP contribution is -2.45. The van der Waals surface area contributed by atoms with Crippen molar-refractivity contribution in [3.63, 3.8) is 0 Å². The first-order valence-corrected chi connectivity index (χ1v) is 11.8. The van der Waals surface area contributed by atoms with E-state index in [0.717, 1.165) is 37.4 Å². The van der Waals surface area contributed by atoms with Gasteiger partial charge in [0.05, 0.1) is 23.1 Å². The van der Waals surface area contributed by atoms with E-state index in [4.69, 9.17) is 0 Å². The van der Waals surface area contributed by atoms with Crippen molar-refractivity contribution < 1.29 is 19.1 Å². The molecule has 2 N–H and O–H groups in total. The largest absolute Gasteiger partial charge is 0.370 e. The zero-order valence-corrected chi connectivity index (χ0v) is 19.4. The third-order valence-corrected chi connectivity index (χ3v) is 7.10. The molecule has 1 unspecified atom stereocenters. The average Bonchev–Trinajstić information content (AvgIpc) is 3.09. The molecule has 1 atom stereocenters. The number of amides is 2. The Hall–Kier alpha value is -3.65. The first-order valence-electron chi connectivity index (χ1n) is 11.8. The molecule has 2 aromatic heterocycles. The van der Waals surface area contributed by atoms with E-state index in [1.165, 1.54) is 12.1 Å². The number of rotatable bonds is 5. The maximum Gasteiger partial charge on any atom is 0.270 e. The highest BCUT2D eigenvalue weighted by molar-refractivity contribution is 6.09. The van der Waals surface area contributed by atoms with E-state index in [-0.39, 0.29) is 23.6 Å². The first kappa shape index (κ1) is 23.1. The number of benzene rings is 1. The monoisotopic (exact) mass is 474 g/mol. The number of hydrogen-bond donors (Lipinski definition) is 2. The molecule has 0 spiro atoms. The maximum absolute atomic E-state index is 13.6. The number of fused-ring (bicyclic) bond motifs is 1. The Morgan fingerprint density at radius 2 is 1.94 bits per heavy atom. The van der Waals surface area contributed by atoms with Crippen molar-refractivity contribution in [2.45, 2.75) is 44.2 Å². The normalized spacial score (nSPS) is 23.7. The highest BCUT2D eigenvalue weighted by Gasteiger charge is 2.53. The molecule has 3 heterocycles. The van der Waals surface area contributed by atoms with Gasteiger partial charge in [0.15, 0.2) is 0 Å². The van der Waals surface area contributed by atoms with Crippen LogP contribution < -0.4 is 10.2 Å². The number of anilines is 1. The predicted molar refractivity (Wildman–Crippen MR) is 128 cm³/mol. The van der Waals surface area contributed by atoms with Gasteiger partial charge in [0.25, 0.3) is 11.8 Å². The van der Waals surface area contributed by atoms with Crippen molar-refractivity contribution in [2.24, 2.45) is 5.92 Å². The molecule has 35 heavy (non-hydrogen) atoms. The van der Waals surface area contributed by atoms with Crippen LogP contribution in [0.1, 0.15) is 52.9 Å². The predicted octanol–water partition coefficient (Wildman–Crippen LogP) is 3.50. The molecule has 3 aromatic rings. The lowest BCUT2D eigenvalue weighted by Gasteiger charge is -2.32. The van der Waals surface area contributed by atoms with Crippen LogP contribution in [-0.4, -0.2) is 39.5 Å². The lowest BCUT2D eigenvalue weighted by atomic mass is 9.85. The van der Waals surface area contributed by atoms with Crippen LogP contribution >= 0.6 is 0 Å². The molecule has 5 rings (SSSR count). The van der Waals surface area contributed by atoms with Crippen LogP contribution in [0, 0.1) is 18.7 Å². The van der Waals surface area contributed by atoms with E-state index < -0.39 is 17.3 Å². The Labute approximate surface area is 203 Å². The van der Waals surface area contributed by atoms with Crippen molar-refractivity contribution in [3.05, 3.63) is 89.3 Å². The zero-order chi connectivity index (χ0) is 24.6. The summed E-state index contributed by atoms with van der Waals surface area (Å²) in [7, 11) is 0. The van der Waals surface area contributed by atoms with E-state index in [1.54, 1.807) is 29.4 Å². The van der Waals surface area contributed by atoms with Crippen LogP contribution in [0.5, 0.6) is 0 Å². The Morgan fingerprint density at radius 3 is 2.63 bits per heavy atom. The van der Waals surface area contributed by atoms with Gasteiger partial charge in [-0.3, -0.25) is 19.6 Å². The smallest absolute Gasteiger partial charge is 0.270 e. The second-order valence-corrected chi connectivity index (χ2v) is 9.39.